The lowest BCUT2D eigenvalue weighted by atomic mass is 10.1. The molecule has 2 aromatic rings. The van der Waals surface area contributed by atoms with E-state index in [1.54, 1.807) is 24.3 Å². The van der Waals surface area contributed by atoms with Crippen LogP contribution in [-0.2, 0) is 9.53 Å². The fourth-order valence-electron chi connectivity index (χ4n) is 2.48. The molecule has 5 nitrogen and oxygen atoms in total. The number of esters is 1. The summed E-state index contributed by atoms with van der Waals surface area (Å²) in [6.07, 6.45) is 1.53. The predicted molar refractivity (Wildman–Crippen MR) is 108 cm³/mol. The number of hydrogen-bond acceptors (Lipinski definition) is 5. The van der Waals surface area contributed by atoms with Crippen LogP contribution in [0.25, 0.3) is 6.08 Å². The molecule has 0 amide bonds. The highest BCUT2D eigenvalue weighted by Crippen LogP contribution is 2.37. The Labute approximate surface area is 170 Å². The van der Waals surface area contributed by atoms with Gasteiger partial charge >= 0.3 is 5.97 Å². The molecule has 0 fully saturated rings. The Morgan fingerprint density at radius 1 is 1.36 bits per heavy atom. The van der Waals surface area contributed by atoms with Crippen molar-refractivity contribution in [2.75, 3.05) is 13.7 Å². The third-order valence-corrected chi connectivity index (χ3v) is 4.33. The highest BCUT2D eigenvalue weighted by atomic mass is 79.9. The van der Waals surface area contributed by atoms with Crippen molar-refractivity contribution in [2.24, 2.45) is 4.99 Å². The summed E-state index contributed by atoms with van der Waals surface area (Å²) in [5.41, 5.74) is 1.69. The first kappa shape index (κ1) is 19.8. The van der Waals surface area contributed by atoms with Gasteiger partial charge in [-0.1, -0.05) is 18.7 Å². The van der Waals surface area contributed by atoms with Crippen LogP contribution in [-0.4, -0.2) is 25.6 Å². The van der Waals surface area contributed by atoms with Crippen molar-refractivity contribution in [3.63, 3.8) is 0 Å². The Bertz CT molecular complexity index is 1010. The number of rotatable bonds is 6. The van der Waals surface area contributed by atoms with Gasteiger partial charge in [-0.25, -0.2) is 14.2 Å². The molecule has 0 bridgehead atoms. The summed E-state index contributed by atoms with van der Waals surface area (Å²) in [7, 11) is 1.52. The van der Waals surface area contributed by atoms with E-state index in [2.05, 4.69) is 27.5 Å². The smallest absolute Gasteiger partial charge is 0.363 e. The maximum atomic E-state index is 13.9. The molecule has 0 radical (unpaired) electrons. The van der Waals surface area contributed by atoms with E-state index < -0.39 is 11.8 Å². The zero-order chi connectivity index (χ0) is 20.3. The van der Waals surface area contributed by atoms with E-state index in [9.17, 15) is 9.18 Å². The zero-order valence-corrected chi connectivity index (χ0v) is 16.9. The molecule has 3 rings (SSSR count). The van der Waals surface area contributed by atoms with E-state index in [0.29, 0.717) is 28.1 Å². The molecule has 0 saturated heterocycles. The van der Waals surface area contributed by atoms with Crippen molar-refractivity contribution in [1.82, 2.24) is 0 Å². The van der Waals surface area contributed by atoms with Crippen LogP contribution in [0.1, 0.15) is 18.1 Å². The molecule has 0 aliphatic carbocycles. The Hall–Kier alpha value is -2.93. The normalized spacial score (nSPS) is 14.6. The van der Waals surface area contributed by atoms with Crippen molar-refractivity contribution in [2.45, 2.75) is 6.92 Å². The fourth-order valence-corrected chi connectivity index (χ4v) is 3.05. The van der Waals surface area contributed by atoms with Crippen molar-refractivity contribution in [3.8, 4) is 11.5 Å². The van der Waals surface area contributed by atoms with Gasteiger partial charge in [0.15, 0.2) is 17.2 Å². The molecule has 1 aliphatic rings. The summed E-state index contributed by atoms with van der Waals surface area (Å²) < 4.78 is 30.8. The zero-order valence-electron chi connectivity index (χ0n) is 15.3. The van der Waals surface area contributed by atoms with Crippen molar-refractivity contribution in [3.05, 3.63) is 75.7 Å². The van der Waals surface area contributed by atoms with E-state index in [1.807, 2.05) is 6.92 Å². The summed E-state index contributed by atoms with van der Waals surface area (Å²) in [5, 5.41) is 0. The van der Waals surface area contributed by atoms with E-state index in [4.69, 9.17) is 14.2 Å². The standard InChI is InChI=1S/C21H17BrFNO4/c1-12(2)11-27-19-15(22)8-13(10-18(19)26-3)9-17-21(25)28-20(24-17)14-6-4-5-7-16(14)23/h4-10H,1,11H2,2-3H3/b17-9-. The Morgan fingerprint density at radius 2 is 2.11 bits per heavy atom. The number of aliphatic imine (C=N–C) groups is 1. The average Bonchev–Trinajstić information content (AvgIpc) is 3.00. The molecular formula is C21H17BrFNO4. The molecule has 0 saturated carbocycles. The quantitative estimate of drug-likeness (QED) is 0.360. The highest BCUT2D eigenvalue weighted by Gasteiger charge is 2.26. The number of methoxy groups -OCH3 is 1. The number of hydrogen-bond donors (Lipinski definition) is 0. The Balaban J connectivity index is 1.94. The molecule has 0 aromatic heterocycles. The van der Waals surface area contributed by atoms with Crippen LogP contribution in [0.3, 0.4) is 0 Å². The molecule has 0 N–H and O–H groups in total. The van der Waals surface area contributed by atoms with Crippen LogP contribution in [0.5, 0.6) is 11.5 Å². The summed E-state index contributed by atoms with van der Waals surface area (Å²) in [6, 6.07) is 9.43. The first-order valence-corrected chi connectivity index (χ1v) is 9.10. The molecular weight excluding hydrogens is 429 g/mol. The second kappa shape index (κ2) is 8.39. The second-order valence-electron chi connectivity index (χ2n) is 6.10. The number of nitrogens with zero attached hydrogens (tertiary/aromatic N) is 1. The largest absolute Gasteiger partial charge is 0.493 e. The molecule has 0 spiro atoms. The van der Waals surface area contributed by atoms with Crippen molar-refractivity contribution >= 4 is 33.9 Å². The lowest BCUT2D eigenvalue weighted by molar-refractivity contribution is -0.129. The van der Waals surface area contributed by atoms with E-state index >= 15 is 0 Å². The van der Waals surface area contributed by atoms with Gasteiger partial charge in [0.1, 0.15) is 12.4 Å². The molecule has 0 unspecified atom stereocenters. The van der Waals surface area contributed by atoms with Gasteiger partial charge in [0, 0.05) is 0 Å². The third-order valence-electron chi connectivity index (χ3n) is 3.74. The highest BCUT2D eigenvalue weighted by molar-refractivity contribution is 9.10. The van der Waals surface area contributed by atoms with Gasteiger partial charge in [0.05, 0.1) is 17.1 Å². The van der Waals surface area contributed by atoms with Crippen molar-refractivity contribution < 1.29 is 23.4 Å². The first-order valence-electron chi connectivity index (χ1n) is 8.31. The van der Waals surface area contributed by atoms with E-state index in [0.717, 1.165) is 5.57 Å². The minimum Gasteiger partial charge on any atom is -0.493 e. The summed E-state index contributed by atoms with van der Waals surface area (Å²) in [4.78, 5) is 16.3. The average molecular weight is 446 g/mol. The molecule has 1 aliphatic heterocycles. The topological polar surface area (TPSA) is 57.1 Å². The van der Waals surface area contributed by atoms with Crippen LogP contribution >= 0.6 is 15.9 Å². The SMILES string of the molecule is C=C(C)COc1c(Br)cc(/C=C2\N=C(c3ccccc3F)OC2=O)cc1OC. The van der Waals surface area contributed by atoms with Crippen LogP contribution in [0.15, 0.2) is 63.7 Å². The molecule has 0 atom stereocenters. The number of carbonyl (C=O) groups excluding carboxylic acids is 1. The van der Waals surface area contributed by atoms with Gasteiger partial charge in [-0.05, 0) is 64.3 Å². The van der Waals surface area contributed by atoms with E-state index in [1.165, 1.54) is 25.3 Å². The van der Waals surface area contributed by atoms with Crippen LogP contribution in [0.2, 0.25) is 0 Å². The maximum absolute atomic E-state index is 13.9. The van der Waals surface area contributed by atoms with Crippen LogP contribution < -0.4 is 9.47 Å². The number of carbonyl (C=O) groups is 1. The molecule has 144 valence electrons. The van der Waals surface area contributed by atoms with Crippen LogP contribution in [0.4, 0.5) is 4.39 Å². The predicted octanol–water partition coefficient (Wildman–Crippen LogP) is 4.90. The number of cyclic esters (lactones) is 1. The van der Waals surface area contributed by atoms with Crippen molar-refractivity contribution in [1.29, 1.82) is 0 Å². The summed E-state index contributed by atoms with van der Waals surface area (Å²) >= 11 is 3.45. The molecule has 28 heavy (non-hydrogen) atoms. The van der Waals surface area contributed by atoms with Gasteiger partial charge in [-0.2, -0.15) is 0 Å². The Morgan fingerprint density at radius 3 is 2.79 bits per heavy atom. The third kappa shape index (κ3) is 4.31. The number of halogens is 2. The fraction of sp³-hybridized carbons (Fsp3) is 0.143. The lowest BCUT2D eigenvalue weighted by Gasteiger charge is -2.13. The lowest BCUT2D eigenvalue weighted by Crippen LogP contribution is -2.07. The van der Waals surface area contributed by atoms with Gasteiger partial charge in [-0.3, -0.25) is 0 Å². The monoisotopic (exact) mass is 445 g/mol. The Kier molecular flexibility index (Phi) is 5.94. The number of ether oxygens (including phenoxy) is 3. The maximum Gasteiger partial charge on any atom is 0.363 e. The van der Waals surface area contributed by atoms with Gasteiger partial charge in [-0.15, -0.1) is 0 Å². The van der Waals surface area contributed by atoms with Gasteiger partial charge in [0.2, 0.25) is 5.90 Å². The minimum atomic E-state index is -0.657. The number of benzene rings is 2. The summed E-state index contributed by atoms with van der Waals surface area (Å²) in [5.74, 6) is -0.235. The van der Waals surface area contributed by atoms with Gasteiger partial charge in [0.25, 0.3) is 0 Å². The molecule has 2 aromatic carbocycles. The molecule has 7 heteroatoms. The van der Waals surface area contributed by atoms with Crippen LogP contribution in [0, 0.1) is 5.82 Å². The summed E-state index contributed by atoms with van der Waals surface area (Å²) in [6.45, 7) is 6.01. The first-order chi connectivity index (χ1) is 13.4. The minimum absolute atomic E-state index is 0.0582. The van der Waals surface area contributed by atoms with E-state index in [-0.39, 0.29) is 17.2 Å². The second-order valence-corrected chi connectivity index (χ2v) is 6.95. The van der Waals surface area contributed by atoms with Gasteiger partial charge < -0.3 is 14.2 Å². The molecule has 1 heterocycles.